The number of ether oxygens (including phenoxy) is 1. The Morgan fingerprint density at radius 1 is 1.26 bits per heavy atom. The summed E-state index contributed by atoms with van der Waals surface area (Å²) >= 11 is 0. The molecule has 0 bridgehead atoms. The second kappa shape index (κ2) is 6.75. The fraction of sp³-hybridized carbons (Fsp3) is 0.353. The third-order valence-corrected chi connectivity index (χ3v) is 4.05. The normalized spacial score (nSPS) is 18.0. The zero-order valence-electron chi connectivity index (χ0n) is 13.0. The van der Waals surface area contributed by atoms with Crippen LogP contribution in [0, 0.1) is 0 Å². The molecule has 1 aliphatic rings. The van der Waals surface area contributed by atoms with Gasteiger partial charge in [0, 0.05) is 31.8 Å². The number of nitrogens with zero attached hydrogens (tertiary/aromatic N) is 3. The van der Waals surface area contributed by atoms with Crippen molar-refractivity contribution in [2.45, 2.75) is 12.5 Å². The summed E-state index contributed by atoms with van der Waals surface area (Å²) < 4.78 is 7.03. The van der Waals surface area contributed by atoms with E-state index in [9.17, 15) is 9.59 Å². The first-order chi connectivity index (χ1) is 11.2. The van der Waals surface area contributed by atoms with Crippen molar-refractivity contribution in [3.8, 4) is 0 Å². The van der Waals surface area contributed by atoms with Crippen molar-refractivity contribution in [3.63, 3.8) is 0 Å². The maximum atomic E-state index is 12.7. The molecule has 2 aromatic rings. The smallest absolute Gasteiger partial charge is 0.272 e. The van der Waals surface area contributed by atoms with Crippen LogP contribution >= 0.6 is 0 Å². The van der Waals surface area contributed by atoms with E-state index in [4.69, 9.17) is 4.74 Å². The fourth-order valence-electron chi connectivity index (χ4n) is 2.78. The minimum absolute atomic E-state index is 0.0175. The third kappa shape index (κ3) is 3.32. The monoisotopic (exact) mass is 313 g/mol. The zero-order valence-corrected chi connectivity index (χ0v) is 13.0. The van der Waals surface area contributed by atoms with Crippen molar-refractivity contribution in [2.24, 2.45) is 7.05 Å². The number of amides is 1. The van der Waals surface area contributed by atoms with E-state index in [-0.39, 0.29) is 24.2 Å². The summed E-state index contributed by atoms with van der Waals surface area (Å²) in [5.41, 5.74) is 1.18. The largest absolute Gasteiger partial charge is 0.377 e. The molecule has 0 saturated carbocycles. The first kappa shape index (κ1) is 15.4. The minimum atomic E-state index is -0.251. The van der Waals surface area contributed by atoms with Crippen LogP contribution in [-0.2, 0) is 11.8 Å². The van der Waals surface area contributed by atoms with Gasteiger partial charge in [-0.05, 0) is 6.07 Å². The van der Waals surface area contributed by atoms with Gasteiger partial charge in [-0.25, -0.2) is 0 Å². The molecule has 0 aliphatic carbocycles. The van der Waals surface area contributed by atoms with E-state index in [0.29, 0.717) is 31.0 Å². The minimum Gasteiger partial charge on any atom is -0.377 e. The molecule has 3 rings (SSSR count). The van der Waals surface area contributed by atoms with Crippen molar-refractivity contribution in [3.05, 3.63) is 53.9 Å². The highest BCUT2D eigenvalue weighted by molar-refractivity contribution is 5.97. The van der Waals surface area contributed by atoms with Gasteiger partial charge in [-0.15, -0.1) is 0 Å². The summed E-state index contributed by atoms with van der Waals surface area (Å²) in [6.45, 7) is 1.35. The van der Waals surface area contributed by atoms with Gasteiger partial charge in [0.15, 0.2) is 5.78 Å². The molecule has 1 aromatic heterocycles. The van der Waals surface area contributed by atoms with Gasteiger partial charge >= 0.3 is 0 Å². The summed E-state index contributed by atoms with van der Waals surface area (Å²) in [6.07, 6.45) is 1.85. The lowest BCUT2D eigenvalue weighted by Gasteiger charge is -2.35. The molecule has 0 N–H and O–H groups in total. The van der Waals surface area contributed by atoms with E-state index in [0.717, 1.165) is 0 Å². The van der Waals surface area contributed by atoms with E-state index < -0.39 is 0 Å². The van der Waals surface area contributed by atoms with Crippen LogP contribution in [0.5, 0.6) is 0 Å². The Hall–Kier alpha value is -2.47. The van der Waals surface area contributed by atoms with Crippen molar-refractivity contribution >= 4 is 11.7 Å². The average Bonchev–Trinajstić information content (AvgIpc) is 3.01. The highest BCUT2D eigenvalue weighted by atomic mass is 16.5. The van der Waals surface area contributed by atoms with Crippen LogP contribution in [0.3, 0.4) is 0 Å². The van der Waals surface area contributed by atoms with Crippen LogP contribution in [0.2, 0.25) is 0 Å². The number of benzene rings is 1. The molecule has 0 radical (unpaired) electrons. The number of carbonyl (C=O) groups is 2. The first-order valence-corrected chi connectivity index (χ1v) is 7.62. The van der Waals surface area contributed by atoms with Crippen LogP contribution in [0.25, 0.3) is 0 Å². The lowest BCUT2D eigenvalue weighted by Crippen LogP contribution is -2.50. The van der Waals surface area contributed by atoms with Crippen molar-refractivity contribution in [1.82, 2.24) is 14.7 Å². The number of hydrogen-bond acceptors (Lipinski definition) is 4. The molecule has 120 valence electrons. The molecule has 0 spiro atoms. The maximum Gasteiger partial charge on any atom is 0.272 e. The Labute approximate surface area is 134 Å². The quantitative estimate of drug-likeness (QED) is 0.803. The second-order valence-electron chi connectivity index (χ2n) is 5.56. The summed E-state index contributed by atoms with van der Waals surface area (Å²) in [7, 11) is 1.73. The van der Waals surface area contributed by atoms with Crippen molar-refractivity contribution in [1.29, 1.82) is 0 Å². The second-order valence-corrected chi connectivity index (χ2v) is 5.56. The Morgan fingerprint density at radius 2 is 2.04 bits per heavy atom. The molecule has 23 heavy (non-hydrogen) atoms. The van der Waals surface area contributed by atoms with E-state index in [1.54, 1.807) is 41.0 Å². The van der Waals surface area contributed by atoms with E-state index in [1.165, 1.54) is 0 Å². The van der Waals surface area contributed by atoms with Gasteiger partial charge < -0.3 is 9.64 Å². The highest BCUT2D eigenvalue weighted by Gasteiger charge is 2.31. The standard InChI is InChI=1S/C17H19N3O3/c1-19-15(7-8-18-19)17(22)20-9-10-23-12-14(20)11-16(21)13-5-3-2-4-6-13/h2-8,14H,9-12H2,1H3/t14-/m1/s1. The molecule has 1 aromatic carbocycles. The summed E-state index contributed by atoms with van der Waals surface area (Å²) in [5.74, 6) is -0.0944. The van der Waals surface area contributed by atoms with Gasteiger partial charge in [-0.3, -0.25) is 14.3 Å². The molecule has 6 nitrogen and oxygen atoms in total. The average molecular weight is 313 g/mol. The van der Waals surface area contributed by atoms with Gasteiger partial charge in [0.2, 0.25) is 0 Å². The fourth-order valence-corrected chi connectivity index (χ4v) is 2.78. The van der Waals surface area contributed by atoms with Crippen LogP contribution in [0.1, 0.15) is 27.3 Å². The van der Waals surface area contributed by atoms with Crippen LogP contribution in [0.15, 0.2) is 42.6 Å². The lowest BCUT2D eigenvalue weighted by atomic mass is 10.0. The Kier molecular flexibility index (Phi) is 4.52. The topological polar surface area (TPSA) is 64.4 Å². The summed E-state index contributed by atoms with van der Waals surface area (Å²) in [4.78, 5) is 26.9. The molecule has 2 heterocycles. The number of morpholine rings is 1. The molecule has 1 atom stereocenters. The number of aromatic nitrogens is 2. The molecule has 6 heteroatoms. The van der Waals surface area contributed by atoms with Crippen LogP contribution < -0.4 is 0 Å². The van der Waals surface area contributed by atoms with Crippen molar-refractivity contribution < 1.29 is 14.3 Å². The number of aryl methyl sites for hydroxylation is 1. The molecule has 1 amide bonds. The predicted molar refractivity (Wildman–Crippen MR) is 84.2 cm³/mol. The summed E-state index contributed by atoms with van der Waals surface area (Å²) in [6, 6.07) is 10.6. The maximum absolute atomic E-state index is 12.7. The van der Waals surface area contributed by atoms with E-state index >= 15 is 0 Å². The van der Waals surface area contributed by atoms with E-state index in [1.807, 2.05) is 18.2 Å². The summed E-state index contributed by atoms with van der Waals surface area (Å²) in [5, 5.41) is 4.04. The molecule has 1 saturated heterocycles. The van der Waals surface area contributed by atoms with Gasteiger partial charge in [0.05, 0.1) is 19.3 Å². The Balaban J connectivity index is 1.75. The number of rotatable bonds is 4. The Bertz CT molecular complexity index is 696. The predicted octanol–water partition coefficient (Wildman–Crippen LogP) is 1.53. The molecule has 1 fully saturated rings. The highest BCUT2D eigenvalue weighted by Crippen LogP contribution is 2.17. The molecule has 0 unspecified atom stereocenters. The van der Waals surface area contributed by atoms with Gasteiger partial charge in [-0.2, -0.15) is 5.10 Å². The first-order valence-electron chi connectivity index (χ1n) is 7.62. The number of ketones is 1. The van der Waals surface area contributed by atoms with Crippen LogP contribution in [0.4, 0.5) is 0 Å². The van der Waals surface area contributed by atoms with Crippen LogP contribution in [-0.4, -0.2) is 52.2 Å². The SMILES string of the molecule is Cn1nccc1C(=O)N1CCOC[C@H]1CC(=O)c1ccccc1. The lowest BCUT2D eigenvalue weighted by molar-refractivity contribution is -0.00334. The number of carbonyl (C=O) groups excluding carboxylic acids is 2. The van der Waals surface area contributed by atoms with Gasteiger partial charge in [-0.1, -0.05) is 30.3 Å². The number of Topliss-reactive ketones (excluding diaryl/α,β-unsaturated/α-hetero) is 1. The van der Waals surface area contributed by atoms with Gasteiger partial charge in [0.1, 0.15) is 5.69 Å². The van der Waals surface area contributed by atoms with Gasteiger partial charge in [0.25, 0.3) is 5.91 Å². The zero-order chi connectivity index (χ0) is 16.2. The number of hydrogen-bond donors (Lipinski definition) is 0. The third-order valence-electron chi connectivity index (χ3n) is 4.05. The Morgan fingerprint density at radius 3 is 2.74 bits per heavy atom. The molecular formula is C17H19N3O3. The van der Waals surface area contributed by atoms with E-state index in [2.05, 4.69) is 5.10 Å². The van der Waals surface area contributed by atoms with Crippen molar-refractivity contribution in [2.75, 3.05) is 19.8 Å². The molecular weight excluding hydrogens is 294 g/mol. The molecule has 1 aliphatic heterocycles.